The van der Waals surface area contributed by atoms with Crippen LogP contribution in [-0.2, 0) is 24.5 Å². The average Bonchev–Trinajstić information content (AvgIpc) is 2.17. The predicted octanol–water partition coefficient (Wildman–Crippen LogP) is -1.02. The van der Waals surface area contributed by atoms with Crippen LogP contribution in [-0.4, -0.2) is 41.3 Å². The van der Waals surface area contributed by atoms with Crippen LogP contribution in [0, 0.1) is 0 Å². The zero-order chi connectivity index (χ0) is 14.4. The summed E-state index contributed by atoms with van der Waals surface area (Å²) in [6.45, 7) is 0. The first-order valence-electron chi connectivity index (χ1n) is 4.10. The Hall–Kier alpha value is -1.40. The molecule has 18 heavy (non-hydrogen) atoms. The third-order valence-corrected chi connectivity index (χ3v) is 5.16. The molecule has 9 nitrogen and oxygen atoms in total. The van der Waals surface area contributed by atoms with Crippen molar-refractivity contribution < 1.29 is 41.3 Å². The number of hydrogen-bond donors (Lipinski definition) is 5. The van der Waals surface area contributed by atoms with Crippen molar-refractivity contribution in [3.05, 3.63) is 23.8 Å². The molecule has 0 amide bonds. The Balaban J connectivity index is 3.85. The second-order valence-electron chi connectivity index (χ2n) is 3.21. The summed E-state index contributed by atoms with van der Waals surface area (Å²) in [5, 5.41) is 27.9. The molecular weight excluding hydrogens is 292 g/mol. The standard InChI is InChI=1S/C7H8O9S2/c8-5-3-1-2-4(6(5)9)7(10,17(11,12)13)18(14,15)16/h1-3,8-10H,(H,11,12,13)(H,14,15,16). The Morgan fingerprint density at radius 2 is 1.39 bits per heavy atom. The van der Waals surface area contributed by atoms with Crippen molar-refractivity contribution in [1.29, 1.82) is 0 Å². The van der Waals surface area contributed by atoms with Gasteiger partial charge in [-0.05, 0) is 12.1 Å². The van der Waals surface area contributed by atoms with E-state index in [1.807, 2.05) is 0 Å². The maximum atomic E-state index is 10.9. The SMILES string of the molecule is O=S(=O)(O)C(O)(c1cccc(O)c1O)S(=O)(=O)O. The van der Waals surface area contributed by atoms with Gasteiger partial charge in [0.2, 0.25) is 0 Å². The number of aromatic hydroxyl groups is 2. The van der Waals surface area contributed by atoms with Crippen molar-refractivity contribution in [3.8, 4) is 11.5 Å². The Labute approximate surface area is 101 Å². The van der Waals surface area contributed by atoms with Gasteiger partial charge < -0.3 is 15.3 Å². The van der Waals surface area contributed by atoms with Gasteiger partial charge in [-0.1, -0.05) is 6.07 Å². The number of hydrogen-bond acceptors (Lipinski definition) is 7. The molecule has 0 aliphatic rings. The van der Waals surface area contributed by atoms with Gasteiger partial charge in [-0.25, -0.2) is 0 Å². The highest BCUT2D eigenvalue weighted by molar-refractivity contribution is 8.04. The zero-order valence-electron chi connectivity index (χ0n) is 8.42. The second kappa shape index (κ2) is 4.07. The number of benzene rings is 1. The normalized spacial score (nSPS) is 13.5. The van der Waals surface area contributed by atoms with E-state index in [-0.39, 0.29) is 0 Å². The van der Waals surface area contributed by atoms with Crippen LogP contribution < -0.4 is 0 Å². The topological polar surface area (TPSA) is 169 Å². The van der Waals surface area contributed by atoms with Crippen LogP contribution in [0.5, 0.6) is 11.5 Å². The summed E-state index contributed by atoms with van der Waals surface area (Å²) in [4.78, 5) is 0. The van der Waals surface area contributed by atoms with Gasteiger partial charge in [-0.2, -0.15) is 16.8 Å². The highest BCUT2D eigenvalue weighted by Gasteiger charge is 2.57. The van der Waals surface area contributed by atoms with Crippen LogP contribution in [0.15, 0.2) is 18.2 Å². The molecule has 0 radical (unpaired) electrons. The number of aliphatic hydroxyl groups is 1. The Bertz CT molecular complexity index is 641. The van der Waals surface area contributed by atoms with Gasteiger partial charge in [0.15, 0.2) is 11.5 Å². The van der Waals surface area contributed by atoms with Gasteiger partial charge in [-0.3, -0.25) is 9.11 Å². The van der Waals surface area contributed by atoms with E-state index in [1.165, 1.54) is 0 Å². The third kappa shape index (κ3) is 2.02. The molecule has 1 aromatic carbocycles. The molecule has 0 fully saturated rings. The summed E-state index contributed by atoms with van der Waals surface area (Å²) in [6.07, 6.45) is 0. The quantitative estimate of drug-likeness (QED) is 0.346. The maximum Gasteiger partial charge on any atom is 0.348 e. The highest BCUT2D eigenvalue weighted by Crippen LogP contribution is 2.41. The lowest BCUT2D eigenvalue weighted by Crippen LogP contribution is -2.43. The van der Waals surface area contributed by atoms with E-state index in [4.69, 9.17) is 14.2 Å². The Morgan fingerprint density at radius 3 is 1.78 bits per heavy atom. The first-order valence-corrected chi connectivity index (χ1v) is 6.99. The molecule has 0 unspecified atom stereocenters. The lowest BCUT2D eigenvalue weighted by molar-refractivity contribution is 0.174. The van der Waals surface area contributed by atoms with Gasteiger partial charge >= 0.3 is 24.5 Å². The minimum Gasteiger partial charge on any atom is -0.504 e. The van der Waals surface area contributed by atoms with E-state index in [2.05, 4.69) is 0 Å². The lowest BCUT2D eigenvalue weighted by Gasteiger charge is -2.22. The summed E-state index contributed by atoms with van der Waals surface area (Å²) >= 11 is 0. The number of para-hydroxylation sites is 1. The Kier molecular flexibility index (Phi) is 3.31. The van der Waals surface area contributed by atoms with Crippen molar-refractivity contribution in [2.75, 3.05) is 0 Å². The average molecular weight is 300 g/mol. The lowest BCUT2D eigenvalue weighted by atomic mass is 10.2. The number of rotatable bonds is 3. The molecule has 0 atom stereocenters. The maximum absolute atomic E-state index is 10.9. The van der Waals surface area contributed by atoms with Gasteiger partial charge in [-0.15, -0.1) is 0 Å². The molecule has 1 aromatic rings. The fourth-order valence-corrected chi connectivity index (χ4v) is 3.15. The molecule has 0 aliphatic carbocycles. The molecule has 0 aromatic heterocycles. The van der Waals surface area contributed by atoms with Gasteiger partial charge in [0.1, 0.15) is 0 Å². The first kappa shape index (κ1) is 14.7. The van der Waals surface area contributed by atoms with Crippen LogP contribution >= 0.6 is 0 Å². The van der Waals surface area contributed by atoms with Gasteiger partial charge in [0, 0.05) is 0 Å². The van der Waals surface area contributed by atoms with Gasteiger partial charge in [0.05, 0.1) is 5.56 Å². The molecule has 0 bridgehead atoms. The summed E-state index contributed by atoms with van der Waals surface area (Å²) in [6, 6.07) is 2.32. The van der Waals surface area contributed by atoms with E-state index < -0.39 is 41.6 Å². The Morgan fingerprint density at radius 1 is 0.944 bits per heavy atom. The molecule has 1 rings (SSSR count). The van der Waals surface area contributed by atoms with Crippen LogP contribution in [0.25, 0.3) is 0 Å². The summed E-state index contributed by atoms with van der Waals surface area (Å²) in [5.41, 5.74) is -1.31. The van der Waals surface area contributed by atoms with Crippen LogP contribution in [0.1, 0.15) is 5.56 Å². The summed E-state index contributed by atoms with van der Waals surface area (Å²) in [5.74, 6) is -2.28. The fourth-order valence-electron chi connectivity index (χ4n) is 1.20. The zero-order valence-corrected chi connectivity index (χ0v) is 10.1. The van der Waals surface area contributed by atoms with Crippen molar-refractivity contribution in [1.82, 2.24) is 0 Å². The second-order valence-corrected chi connectivity index (χ2v) is 6.55. The van der Waals surface area contributed by atoms with E-state index in [0.29, 0.717) is 6.07 Å². The van der Waals surface area contributed by atoms with Crippen molar-refractivity contribution in [3.63, 3.8) is 0 Å². The minimum atomic E-state index is -5.77. The molecule has 11 heteroatoms. The molecule has 102 valence electrons. The molecular formula is C7H8O9S2. The minimum absolute atomic E-state index is 0.580. The number of phenols is 2. The van der Waals surface area contributed by atoms with E-state index >= 15 is 0 Å². The molecule has 0 spiro atoms. The fraction of sp³-hybridized carbons (Fsp3) is 0.143. The van der Waals surface area contributed by atoms with E-state index in [0.717, 1.165) is 12.1 Å². The van der Waals surface area contributed by atoms with E-state index in [9.17, 15) is 27.0 Å². The summed E-state index contributed by atoms with van der Waals surface area (Å²) in [7, 11) is -11.5. The van der Waals surface area contributed by atoms with Crippen LogP contribution in [0.4, 0.5) is 0 Å². The molecule has 5 N–H and O–H groups in total. The monoisotopic (exact) mass is 300 g/mol. The van der Waals surface area contributed by atoms with Gasteiger partial charge in [0.25, 0.3) is 0 Å². The van der Waals surface area contributed by atoms with Crippen molar-refractivity contribution in [2.45, 2.75) is 4.27 Å². The predicted molar refractivity (Wildman–Crippen MR) is 56.8 cm³/mol. The van der Waals surface area contributed by atoms with Crippen LogP contribution in [0.3, 0.4) is 0 Å². The molecule has 0 saturated heterocycles. The van der Waals surface area contributed by atoms with Crippen LogP contribution in [0.2, 0.25) is 0 Å². The number of phenolic OH excluding ortho intramolecular Hbond substituents is 2. The largest absolute Gasteiger partial charge is 0.504 e. The first-order chi connectivity index (χ1) is 7.93. The van der Waals surface area contributed by atoms with E-state index in [1.54, 1.807) is 0 Å². The molecule has 0 heterocycles. The third-order valence-electron chi connectivity index (χ3n) is 2.05. The molecule has 0 aliphatic heterocycles. The van der Waals surface area contributed by atoms with Crippen molar-refractivity contribution >= 4 is 20.2 Å². The van der Waals surface area contributed by atoms with Crippen molar-refractivity contribution in [2.24, 2.45) is 0 Å². The smallest absolute Gasteiger partial charge is 0.348 e. The molecule has 0 saturated carbocycles. The summed E-state index contributed by atoms with van der Waals surface area (Å²) < 4.78 is 57.0. The highest BCUT2D eigenvalue weighted by atomic mass is 32.3.